The van der Waals surface area contributed by atoms with Gasteiger partial charge in [-0.25, -0.2) is 13.8 Å². The van der Waals surface area contributed by atoms with Crippen molar-refractivity contribution < 1.29 is 13.9 Å². The molecule has 5 heteroatoms. The highest BCUT2D eigenvalue weighted by Gasteiger charge is 2.16. The summed E-state index contributed by atoms with van der Waals surface area (Å²) in [5.41, 5.74) is -0.0322. The van der Waals surface area contributed by atoms with Crippen molar-refractivity contribution >= 4 is 11.3 Å². The van der Waals surface area contributed by atoms with E-state index in [2.05, 4.69) is 4.98 Å². The van der Waals surface area contributed by atoms with Crippen molar-refractivity contribution in [2.24, 2.45) is 0 Å². The molecule has 0 saturated heterocycles. The zero-order valence-corrected chi connectivity index (χ0v) is 9.05. The molecule has 1 aromatic carbocycles. The summed E-state index contributed by atoms with van der Waals surface area (Å²) in [5.74, 6) is -1.94. The predicted octanol–water partition coefficient (Wildman–Crippen LogP) is 2.70. The Morgan fingerprint density at radius 2 is 2.19 bits per heavy atom. The Hall–Kier alpha value is -1.33. The van der Waals surface area contributed by atoms with Gasteiger partial charge >= 0.3 is 0 Å². The Morgan fingerprint density at radius 3 is 2.88 bits per heavy atom. The quantitative estimate of drug-likeness (QED) is 0.896. The molecule has 2 nitrogen and oxygen atoms in total. The third kappa shape index (κ3) is 2.25. The molecule has 2 aromatic rings. The van der Waals surface area contributed by atoms with Gasteiger partial charge in [-0.1, -0.05) is 12.1 Å². The number of rotatable bonds is 3. The summed E-state index contributed by atoms with van der Waals surface area (Å²) in [6.45, 7) is 0. The first-order chi connectivity index (χ1) is 7.68. The van der Waals surface area contributed by atoms with Gasteiger partial charge in [-0.15, -0.1) is 11.3 Å². The molecule has 0 aliphatic carbocycles. The number of hydrogen-bond donors (Lipinski definition) is 1. The van der Waals surface area contributed by atoms with Crippen LogP contribution in [0.2, 0.25) is 0 Å². The number of aromatic nitrogens is 1. The summed E-state index contributed by atoms with van der Waals surface area (Å²) in [6, 6.07) is 3.77. The van der Waals surface area contributed by atoms with Gasteiger partial charge in [-0.2, -0.15) is 0 Å². The van der Waals surface area contributed by atoms with Gasteiger partial charge in [0.1, 0.15) is 0 Å². The molecule has 0 fully saturated rings. The Labute approximate surface area is 95.2 Å². The van der Waals surface area contributed by atoms with Gasteiger partial charge in [0.25, 0.3) is 0 Å². The van der Waals surface area contributed by atoms with Crippen LogP contribution in [0.25, 0.3) is 0 Å². The molecule has 0 radical (unpaired) electrons. The lowest BCUT2D eigenvalue weighted by molar-refractivity contribution is 0.172. The maximum Gasteiger partial charge on any atom is 0.164 e. The molecule has 1 atom stereocenters. The van der Waals surface area contributed by atoms with Gasteiger partial charge in [-0.05, 0) is 6.07 Å². The first-order valence-electron chi connectivity index (χ1n) is 4.69. The Morgan fingerprint density at radius 1 is 1.38 bits per heavy atom. The van der Waals surface area contributed by atoms with E-state index < -0.39 is 17.7 Å². The number of halogens is 2. The minimum atomic E-state index is -1.07. The van der Waals surface area contributed by atoms with Crippen molar-refractivity contribution in [1.29, 1.82) is 0 Å². The van der Waals surface area contributed by atoms with E-state index in [0.29, 0.717) is 5.01 Å². The number of benzene rings is 1. The molecule has 0 spiro atoms. The molecule has 2 rings (SSSR count). The minimum Gasteiger partial charge on any atom is -0.388 e. The average molecular weight is 241 g/mol. The highest BCUT2D eigenvalue weighted by Crippen LogP contribution is 2.23. The molecule has 16 heavy (non-hydrogen) atoms. The van der Waals surface area contributed by atoms with Crippen LogP contribution in [0.1, 0.15) is 16.7 Å². The molecule has 1 heterocycles. The summed E-state index contributed by atoms with van der Waals surface area (Å²) in [6.07, 6.45) is 0.731. The van der Waals surface area contributed by atoms with Crippen molar-refractivity contribution in [2.75, 3.05) is 0 Å². The van der Waals surface area contributed by atoms with Gasteiger partial charge in [-0.3, -0.25) is 0 Å². The van der Waals surface area contributed by atoms with Crippen LogP contribution in [0.5, 0.6) is 0 Å². The average Bonchev–Trinajstić information content (AvgIpc) is 2.74. The second kappa shape index (κ2) is 4.67. The second-order valence-corrected chi connectivity index (χ2v) is 4.27. The number of nitrogens with zero attached hydrogens (tertiary/aromatic N) is 1. The van der Waals surface area contributed by atoms with Crippen LogP contribution in [0.4, 0.5) is 8.78 Å². The zero-order valence-electron chi connectivity index (χ0n) is 8.23. The van der Waals surface area contributed by atoms with E-state index in [-0.39, 0.29) is 12.0 Å². The largest absolute Gasteiger partial charge is 0.388 e. The van der Waals surface area contributed by atoms with Crippen LogP contribution in [0.15, 0.2) is 29.8 Å². The van der Waals surface area contributed by atoms with Crippen molar-refractivity contribution in [3.63, 3.8) is 0 Å². The molecule has 0 amide bonds. The summed E-state index contributed by atoms with van der Waals surface area (Å²) in [4.78, 5) is 3.98. The zero-order chi connectivity index (χ0) is 11.5. The van der Waals surface area contributed by atoms with E-state index in [1.807, 2.05) is 0 Å². The smallest absolute Gasteiger partial charge is 0.164 e. The van der Waals surface area contributed by atoms with Crippen molar-refractivity contribution in [2.45, 2.75) is 12.5 Å². The standard InChI is InChI=1S/C11H9F2NOS/c12-8-3-1-2-7(11(8)13)9(15)6-10-14-4-5-16-10/h1-5,9,15H,6H2. The van der Waals surface area contributed by atoms with Crippen LogP contribution in [0.3, 0.4) is 0 Å². The highest BCUT2D eigenvalue weighted by atomic mass is 32.1. The van der Waals surface area contributed by atoms with Gasteiger partial charge < -0.3 is 5.11 Å². The Bertz CT molecular complexity index is 473. The monoisotopic (exact) mass is 241 g/mol. The van der Waals surface area contributed by atoms with E-state index in [0.717, 1.165) is 6.07 Å². The van der Waals surface area contributed by atoms with Gasteiger partial charge in [0.2, 0.25) is 0 Å². The van der Waals surface area contributed by atoms with Crippen LogP contribution in [0, 0.1) is 11.6 Å². The number of aliphatic hydroxyl groups excluding tert-OH is 1. The fraction of sp³-hybridized carbons (Fsp3) is 0.182. The molecule has 1 unspecified atom stereocenters. The van der Waals surface area contributed by atoms with Crippen molar-refractivity contribution in [3.05, 3.63) is 52.0 Å². The molecule has 1 aromatic heterocycles. The molecular weight excluding hydrogens is 232 g/mol. The SMILES string of the molecule is OC(Cc1nccs1)c1cccc(F)c1F. The van der Waals surface area contributed by atoms with Gasteiger partial charge in [0.05, 0.1) is 11.1 Å². The number of thiazole rings is 1. The van der Waals surface area contributed by atoms with Gasteiger partial charge in [0, 0.05) is 23.6 Å². The molecule has 0 bridgehead atoms. The normalized spacial score (nSPS) is 12.7. The molecule has 0 saturated carbocycles. The molecule has 84 valence electrons. The maximum atomic E-state index is 13.3. The summed E-state index contributed by atoms with van der Waals surface area (Å²) in [7, 11) is 0. The number of hydrogen-bond acceptors (Lipinski definition) is 3. The van der Waals surface area contributed by atoms with E-state index in [4.69, 9.17) is 0 Å². The Balaban J connectivity index is 2.21. The lowest BCUT2D eigenvalue weighted by Gasteiger charge is -2.10. The minimum absolute atomic E-state index is 0.0322. The first-order valence-corrected chi connectivity index (χ1v) is 5.57. The Kier molecular flexibility index (Phi) is 3.26. The first kappa shape index (κ1) is 11.2. The van der Waals surface area contributed by atoms with E-state index in [9.17, 15) is 13.9 Å². The topological polar surface area (TPSA) is 33.1 Å². The van der Waals surface area contributed by atoms with Crippen LogP contribution in [-0.2, 0) is 6.42 Å². The molecular formula is C11H9F2NOS. The van der Waals surface area contributed by atoms with E-state index in [1.54, 1.807) is 11.6 Å². The van der Waals surface area contributed by atoms with Crippen molar-refractivity contribution in [1.82, 2.24) is 4.98 Å². The van der Waals surface area contributed by atoms with Crippen molar-refractivity contribution in [3.8, 4) is 0 Å². The van der Waals surface area contributed by atoms with Crippen LogP contribution >= 0.6 is 11.3 Å². The third-order valence-electron chi connectivity index (χ3n) is 2.19. The molecule has 1 N–H and O–H groups in total. The maximum absolute atomic E-state index is 13.3. The predicted molar refractivity (Wildman–Crippen MR) is 57.1 cm³/mol. The van der Waals surface area contributed by atoms with E-state index in [1.165, 1.54) is 23.5 Å². The molecule has 0 aliphatic rings. The van der Waals surface area contributed by atoms with Crippen LogP contribution < -0.4 is 0 Å². The van der Waals surface area contributed by atoms with Gasteiger partial charge in [0.15, 0.2) is 11.6 Å². The highest BCUT2D eigenvalue weighted by molar-refractivity contribution is 7.09. The lowest BCUT2D eigenvalue weighted by Crippen LogP contribution is -2.05. The van der Waals surface area contributed by atoms with Crippen LogP contribution in [-0.4, -0.2) is 10.1 Å². The van der Waals surface area contributed by atoms with E-state index >= 15 is 0 Å². The lowest BCUT2D eigenvalue weighted by atomic mass is 10.1. The fourth-order valence-corrected chi connectivity index (χ4v) is 2.06. The summed E-state index contributed by atoms with van der Waals surface area (Å²) < 4.78 is 26.2. The summed E-state index contributed by atoms with van der Waals surface area (Å²) >= 11 is 1.37. The second-order valence-electron chi connectivity index (χ2n) is 3.29. The third-order valence-corrected chi connectivity index (χ3v) is 2.99. The fourth-order valence-electron chi connectivity index (χ4n) is 1.41. The molecule has 0 aliphatic heterocycles. The summed E-state index contributed by atoms with van der Waals surface area (Å²) in [5, 5.41) is 12.2. The number of aliphatic hydroxyl groups is 1.